The summed E-state index contributed by atoms with van der Waals surface area (Å²) >= 11 is 1.75. The lowest BCUT2D eigenvalue weighted by molar-refractivity contribution is -0.384. The topological polar surface area (TPSA) is 58.4 Å². The fourth-order valence-corrected chi connectivity index (χ4v) is 2.25. The molecule has 0 aliphatic rings. The summed E-state index contributed by atoms with van der Waals surface area (Å²) in [5.74, 6) is -0.441. The molecule has 0 atom stereocenters. The monoisotopic (exact) mass is 409 g/mol. The Morgan fingerprint density at radius 1 is 1.43 bits per heavy atom. The molecule has 0 aromatic heterocycles. The smallest absolute Gasteiger partial charge is 0.293 e. The van der Waals surface area contributed by atoms with Gasteiger partial charge in [0.05, 0.1) is 8.49 Å². The van der Waals surface area contributed by atoms with E-state index in [2.05, 4.69) is 31.1 Å². The van der Waals surface area contributed by atoms with Crippen molar-refractivity contribution in [2.45, 2.75) is 32.7 Å². The van der Waals surface area contributed by atoms with E-state index in [1.54, 1.807) is 22.6 Å². The number of rotatable bonds is 8. The number of unbranched alkanes of at least 4 members (excludes halogenated alkanes) is 1. The molecule has 21 heavy (non-hydrogen) atoms. The number of hydrogen-bond acceptors (Lipinski definition) is 4. The Morgan fingerprint density at radius 2 is 2.10 bits per heavy atom. The van der Waals surface area contributed by atoms with Crippen molar-refractivity contribution in [1.82, 2.24) is 4.90 Å². The van der Waals surface area contributed by atoms with E-state index in [4.69, 9.17) is 0 Å². The van der Waals surface area contributed by atoms with E-state index in [1.807, 2.05) is 0 Å². The van der Waals surface area contributed by atoms with Crippen molar-refractivity contribution in [2.24, 2.45) is 0 Å². The maximum absolute atomic E-state index is 13.5. The second-order valence-electron chi connectivity index (χ2n) is 5.25. The lowest BCUT2D eigenvalue weighted by Gasteiger charge is -2.20. The van der Waals surface area contributed by atoms with Crippen LogP contribution in [0.15, 0.2) is 12.1 Å². The zero-order valence-corrected chi connectivity index (χ0v) is 14.7. The van der Waals surface area contributed by atoms with Gasteiger partial charge in [-0.1, -0.05) is 0 Å². The van der Waals surface area contributed by atoms with Crippen LogP contribution in [0.2, 0.25) is 0 Å². The quantitative estimate of drug-likeness (QED) is 0.307. The first kappa shape index (κ1) is 18.1. The first-order valence-corrected chi connectivity index (χ1v) is 7.98. The van der Waals surface area contributed by atoms with E-state index >= 15 is 0 Å². The van der Waals surface area contributed by atoms with Crippen molar-refractivity contribution >= 4 is 34.0 Å². The van der Waals surface area contributed by atoms with Gasteiger partial charge in [0, 0.05) is 24.7 Å². The molecule has 0 unspecified atom stereocenters. The first-order valence-electron chi connectivity index (χ1n) is 6.90. The molecule has 1 rings (SSSR count). The number of nitro groups is 1. The SMILES string of the molecule is CC(C)N(C)CCCCNc1cc(F)c(I)cc1[N+](=O)[O-]. The minimum absolute atomic E-state index is 0.0832. The van der Waals surface area contributed by atoms with Crippen molar-refractivity contribution in [3.05, 3.63) is 31.6 Å². The van der Waals surface area contributed by atoms with Crippen LogP contribution in [0.3, 0.4) is 0 Å². The van der Waals surface area contributed by atoms with Gasteiger partial charge in [-0.15, -0.1) is 0 Å². The van der Waals surface area contributed by atoms with Crippen LogP contribution in [0, 0.1) is 19.5 Å². The molecule has 0 spiro atoms. The lowest BCUT2D eigenvalue weighted by atomic mass is 10.2. The Bertz CT molecular complexity index is 497. The number of halogens is 2. The Labute approximate surface area is 138 Å². The lowest BCUT2D eigenvalue weighted by Crippen LogP contribution is -2.27. The Hall–Kier alpha value is -0.960. The maximum Gasteiger partial charge on any atom is 0.293 e. The number of nitrogens with one attached hydrogen (secondary N) is 1. The second kappa shape index (κ2) is 8.47. The molecule has 5 nitrogen and oxygen atoms in total. The molecule has 0 saturated heterocycles. The fourth-order valence-electron chi connectivity index (χ4n) is 1.80. The van der Waals surface area contributed by atoms with Crippen LogP contribution in [0.5, 0.6) is 0 Å². The number of benzene rings is 1. The van der Waals surface area contributed by atoms with Crippen LogP contribution in [-0.4, -0.2) is 36.0 Å². The minimum Gasteiger partial charge on any atom is -0.379 e. The highest BCUT2D eigenvalue weighted by Crippen LogP contribution is 2.28. The zero-order chi connectivity index (χ0) is 16.0. The van der Waals surface area contributed by atoms with E-state index in [0.29, 0.717) is 12.6 Å². The number of nitro benzene ring substituents is 1. The number of nitrogens with zero attached hydrogens (tertiary/aromatic N) is 2. The van der Waals surface area contributed by atoms with Gasteiger partial charge in [0.1, 0.15) is 11.5 Å². The van der Waals surface area contributed by atoms with Crippen LogP contribution in [-0.2, 0) is 0 Å². The first-order chi connectivity index (χ1) is 9.82. The molecule has 1 aromatic rings. The summed E-state index contributed by atoms with van der Waals surface area (Å²) in [6.45, 7) is 5.83. The number of hydrogen-bond donors (Lipinski definition) is 1. The van der Waals surface area contributed by atoms with Gasteiger partial charge >= 0.3 is 0 Å². The van der Waals surface area contributed by atoms with Gasteiger partial charge < -0.3 is 10.2 Å². The molecule has 1 N–H and O–H groups in total. The molecule has 1 aromatic carbocycles. The maximum atomic E-state index is 13.5. The summed E-state index contributed by atoms with van der Waals surface area (Å²) in [6, 6.07) is 2.95. The highest BCUT2D eigenvalue weighted by Gasteiger charge is 2.17. The third-order valence-electron chi connectivity index (χ3n) is 3.37. The normalized spacial score (nSPS) is 11.2. The fraction of sp³-hybridized carbons (Fsp3) is 0.571. The highest BCUT2D eigenvalue weighted by molar-refractivity contribution is 14.1. The zero-order valence-electron chi connectivity index (χ0n) is 12.5. The van der Waals surface area contributed by atoms with Crippen molar-refractivity contribution in [3.8, 4) is 0 Å². The molecule has 0 amide bonds. The molecule has 7 heteroatoms. The third-order valence-corrected chi connectivity index (χ3v) is 4.20. The molecule has 118 valence electrons. The predicted molar refractivity (Wildman–Crippen MR) is 91.3 cm³/mol. The van der Waals surface area contributed by atoms with Crippen molar-refractivity contribution in [2.75, 3.05) is 25.5 Å². The molecule has 0 aliphatic carbocycles. The molecule has 0 heterocycles. The van der Waals surface area contributed by atoms with Crippen molar-refractivity contribution in [3.63, 3.8) is 0 Å². The van der Waals surface area contributed by atoms with E-state index < -0.39 is 10.7 Å². The largest absolute Gasteiger partial charge is 0.379 e. The van der Waals surface area contributed by atoms with Crippen LogP contribution < -0.4 is 5.32 Å². The molecule has 0 bridgehead atoms. The molecule has 0 aliphatic heterocycles. The van der Waals surface area contributed by atoms with Gasteiger partial charge in [0.15, 0.2) is 0 Å². The van der Waals surface area contributed by atoms with E-state index in [9.17, 15) is 14.5 Å². The van der Waals surface area contributed by atoms with Crippen LogP contribution >= 0.6 is 22.6 Å². The summed E-state index contributed by atoms with van der Waals surface area (Å²) < 4.78 is 13.8. The predicted octanol–water partition coefficient (Wildman–Crippen LogP) is 3.87. The Morgan fingerprint density at radius 3 is 2.67 bits per heavy atom. The minimum atomic E-state index is -0.490. The van der Waals surface area contributed by atoms with E-state index in [-0.39, 0.29) is 14.9 Å². The highest BCUT2D eigenvalue weighted by atomic mass is 127. The summed E-state index contributed by atoms with van der Waals surface area (Å²) in [6.07, 6.45) is 1.87. The average molecular weight is 409 g/mol. The van der Waals surface area contributed by atoms with Crippen LogP contribution in [0.25, 0.3) is 0 Å². The molecular weight excluding hydrogens is 388 g/mol. The molecule has 0 radical (unpaired) electrons. The standard InChI is InChI=1S/C14H21FIN3O2/c1-10(2)18(3)7-5-4-6-17-13-8-11(15)12(16)9-14(13)19(20)21/h8-10,17H,4-7H2,1-3H3. The van der Waals surface area contributed by atoms with Gasteiger partial charge in [-0.3, -0.25) is 10.1 Å². The van der Waals surface area contributed by atoms with Crippen LogP contribution in [0.1, 0.15) is 26.7 Å². The molecule has 0 fully saturated rings. The van der Waals surface area contributed by atoms with Crippen LogP contribution in [0.4, 0.5) is 15.8 Å². The van der Waals surface area contributed by atoms with Gasteiger partial charge in [0.25, 0.3) is 5.69 Å². The average Bonchev–Trinajstić information content (AvgIpc) is 2.41. The summed E-state index contributed by atoms with van der Waals surface area (Å²) in [7, 11) is 2.07. The van der Waals surface area contributed by atoms with Crippen molar-refractivity contribution < 1.29 is 9.31 Å². The number of anilines is 1. The summed E-state index contributed by atoms with van der Waals surface area (Å²) in [5, 5.41) is 13.9. The van der Waals surface area contributed by atoms with Gasteiger partial charge in [-0.2, -0.15) is 0 Å². The molecular formula is C14H21FIN3O2. The second-order valence-corrected chi connectivity index (χ2v) is 6.41. The summed E-state index contributed by atoms with van der Waals surface area (Å²) in [4.78, 5) is 12.7. The van der Waals surface area contributed by atoms with Gasteiger partial charge in [0.2, 0.25) is 0 Å². The molecule has 0 saturated carbocycles. The third kappa shape index (κ3) is 5.74. The summed E-state index contributed by atoms with van der Waals surface area (Å²) in [5.41, 5.74) is 0.162. The van der Waals surface area contributed by atoms with E-state index in [0.717, 1.165) is 19.4 Å². The van der Waals surface area contributed by atoms with Crippen molar-refractivity contribution in [1.29, 1.82) is 0 Å². The Balaban J connectivity index is 2.52. The Kier molecular flexibility index (Phi) is 7.30. The van der Waals surface area contributed by atoms with Gasteiger partial charge in [-0.05, 0) is 62.9 Å². The van der Waals surface area contributed by atoms with E-state index in [1.165, 1.54) is 12.1 Å². The van der Waals surface area contributed by atoms with Gasteiger partial charge in [-0.25, -0.2) is 4.39 Å².